The first-order valence-electron chi connectivity index (χ1n) is 6.87. The van der Waals surface area contributed by atoms with Crippen molar-refractivity contribution in [3.63, 3.8) is 0 Å². The van der Waals surface area contributed by atoms with Crippen LogP contribution in [-0.2, 0) is 6.54 Å². The van der Waals surface area contributed by atoms with E-state index in [1.807, 2.05) is 0 Å². The third-order valence-electron chi connectivity index (χ3n) is 3.44. The van der Waals surface area contributed by atoms with Crippen LogP contribution in [-0.4, -0.2) is 35.3 Å². The number of hydrogen-bond acceptors (Lipinski definition) is 5. The average Bonchev–Trinajstić information content (AvgIpc) is 3.13. The minimum Gasteiger partial charge on any atom is -0.346 e. The molecule has 1 fully saturated rings. The van der Waals surface area contributed by atoms with Crippen molar-refractivity contribution in [3.05, 3.63) is 41.2 Å². The number of carbonyl (C=O) groups is 2. The van der Waals surface area contributed by atoms with Gasteiger partial charge in [0.1, 0.15) is 11.4 Å². The van der Waals surface area contributed by atoms with Gasteiger partial charge in [0.25, 0.3) is 5.91 Å². The van der Waals surface area contributed by atoms with E-state index in [1.54, 1.807) is 36.1 Å². The van der Waals surface area contributed by atoms with Gasteiger partial charge in [0.05, 0.1) is 6.54 Å². The van der Waals surface area contributed by atoms with Gasteiger partial charge in [-0.1, -0.05) is 16.4 Å². The highest BCUT2D eigenvalue weighted by Crippen LogP contribution is 2.18. The van der Waals surface area contributed by atoms with E-state index < -0.39 is 0 Å². The lowest BCUT2D eigenvalue weighted by atomic mass is 10.1. The molecule has 114 valence electrons. The lowest BCUT2D eigenvalue weighted by Crippen LogP contribution is -2.28. The van der Waals surface area contributed by atoms with Crippen LogP contribution in [0, 0.1) is 6.92 Å². The summed E-state index contributed by atoms with van der Waals surface area (Å²) in [7, 11) is 0. The first-order chi connectivity index (χ1) is 10.6. The zero-order valence-electron chi connectivity index (χ0n) is 12.0. The third kappa shape index (κ3) is 2.76. The number of hydrogen-bond donors (Lipinski definition) is 2. The van der Waals surface area contributed by atoms with Gasteiger partial charge in [0, 0.05) is 24.3 Å². The van der Waals surface area contributed by atoms with Crippen LogP contribution in [0.4, 0.5) is 10.5 Å². The van der Waals surface area contributed by atoms with Crippen molar-refractivity contribution in [1.82, 2.24) is 20.9 Å². The number of nitrogens with one attached hydrogen (secondary N) is 2. The standard InChI is InChI=1S/C14H15N5O3/c1-9-12(18-22-17-9)8-16-13(20)10-3-2-4-11(7-10)19-6-5-15-14(19)21/h2-4,7H,5-6,8H2,1H3,(H,15,21)(H,16,20). The van der Waals surface area contributed by atoms with Gasteiger partial charge < -0.3 is 10.6 Å². The van der Waals surface area contributed by atoms with Gasteiger partial charge in [0.2, 0.25) is 0 Å². The molecule has 8 heteroatoms. The van der Waals surface area contributed by atoms with E-state index in [1.165, 1.54) is 0 Å². The van der Waals surface area contributed by atoms with Crippen molar-refractivity contribution in [2.24, 2.45) is 0 Å². The van der Waals surface area contributed by atoms with Crippen molar-refractivity contribution in [1.29, 1.82) is 0 Å². The molecule has 1 aliphatic heterocycles. The maximum absolute atomic E-state index is 12.2. The van der Waals surface area contributed by atoms with Crippen molar-refractivity contribution in [2.45, 2.75) is 13.5 Å². The molecule has 1 saturated heterocycles. The number of aryl methyl sites for hydroxylation is 1. The molecule has 1 aromatic carbocycles. The van der Waals surface area contributed by atoms with Gasteiger partial charge in [-0.25, -0.2) is 9.42 Å². The quantitative estimate of drug-likeness (QED) is 0.871. The Morgan fingerprint density at radius 1 is 1.45 bits per heavy atom. The summed E-state index contributed by atoms with van der Waals surface area (Å²) in [4.78, 5) is 25.5. The molecule has 3 rings (SSSR count). The molecule has 1 aromatic heterocycles. The Balaban J connectivity index is 1.70. The number of carbonyl (C=O) groups excluding carboxylic acids is 2. The Kier molecular flexibility index (Phi) is 3.73. The van der Waals surface area contributed by atoms with Gasteiger partial charge in [-0.05, 0) is 25.1 Å². The molecule has 0 spiro atoms. The van der Waals surface area contributed by atoms with Gasteiger partial charge in [-0.2, -0.15) is 0 Å². The monoisotopic (exact) mass is 301 g/mol. The molecular weight excluding hydrogens is 286 g/mol. The van der Waals surface area contributed by atoms with E-state index >= 15 is 0 Å². The Morgan fingerprint density at radius 3 is 3.00 bits per heavy atom. The summed E-state index contributed by atoms with van der Waals surface area (Å²) in [6, 6.07) is 6.78. The predicted molar refractivity (Wildman–Crippen MR) is 77.4 cm³/mol. The molecule has 0 aliphatic carbocycles. The molecule has 0 saturated carbocycles. The van der Waals surface area contributed by atoms with Crippen LogP contribution < -0.4 is 15.5 Å². The molecule has 0 atom stereocenters. The second kappa shape index (κ2) is 5.84. The largest absolute Gasteiger partial charge is 0.346 e. The molecule has 2 N–H and O–H groups in total. The van der Waals surface area contributed by atoms with Gasteiger partial charge in [0.15, 0.2) is 0 Å². The number of urea groups is 1. The van der Waals surface area contributed by atoms with Gasteiger partial charge in [-0.3, -0.25) is 9.69 Å². The second-order valence-corrected chi connectivity index (χ2v) is 4.91. The van der Waals surface area contributed by atoms with E-state index in [4.69, 9.17) is 0 Å². The SMILES string of the molecule is Cc1nonc1CNC(=O)c1cccc(N2CCNC2=O)c1. The van der Waals surface area contributed by atoms with E-state index in [2.05, 4.69) is 25.6 Å². The lowest BCUT2D eigenvalue weighted by Gasteiger charge is -2.15. The lowest BCUT2D eigenvalue weighted by molar-refractivity contribution is 0.0950. The van der Waals surface area contributed by atoms with Crippen LogP contribution in [0.1, 0.15) is 21.7 Å². The van der Waals surface area contributed by atoms with Crippen LogP contribution in [0.3, 0.4) is 0 Å². The number of anilines is 1. The Labute approximate surface area is 126 Å². The molecule has 3 amide bonds. The third-order valence-corrected chi connectivity index (χ3v) is 3.44. The topological polar surface area (TPSA) is 100 Å². The summed E-state index contributed by atoms with van der Waals surface area (Å²) in [5.74, 6) is -0.246. The minimum atomic E-state index is -0.246. The molecule has 0 radical (unpaired) electrons. The van der Waals surface area contributed by atoms with E-state index in [9.17, 15) is 9.59 Å². The van der Waals surface area contributed by atoms with Crippen LogP contribution in [0.5, 0.6) is 0 Å². The number of amides is 3. The molecule has 2 heterocycles. The zero-order chi connectivity index (χ0) is 15.5. The highest BCUT2D eigenvalue weighted by molar-refractivity contribution is 5.98. The second-order valence-electron chi connectivity index (χ2n) is 4.91. The van der Waals surface area contributed by atoms with Crippen molar-refractivity contribution < 1.29 is 14.2 Å². The Bertz CT molecular complexity index is 712. The van der Waals surface area contributed by atoms with Crippen LogP contribution >= 0.6 is 0 Å². The summed E-state index contributed by atoms with van der Waals surface area (Å²) in [6.07, 6.45) is 0. The fourth-order valence-corrected chi connectivity index (χ4v) is 2.21. The molecule has 8 nitrogen and oxygen atoms in total. The molecule has 0 unspecified atom stereocenters. The zero-order valence-corrected chi connectivity index (χ0v) is 12.0. The Morgan fingerprint density at radius 2 is 2.32 bits per heavy atom. The molecule has 0 bridgehead atoms. The van der Waals surface area contributed by atoms with E-state index in [0.717, 1.165) is 0 Å². The fourth-order valence-electron chi connectivity index (χ4n) is 2.21. The highest BCUT2D eigenvalue weighted by atomic mass is 16.6. The van der Waals surface area contributed by atoms with Gasteiger partial charge >= 0.3 is 6.03 Å². The summed E-state index contributed by atoms with van der Waals surface area (Å²) in [5.41, 5.74) is 2.40. The fraction of sp³-hybridized carbons (Fsp3) is 0.286. The maximum Gasteiger partial charge on any atom is 0.321 e. The van der Waals surface area contributed by atoms with Crippen LogP contribution in [0.15, 0.2) is 28.9 Å². The molecule has 2 aromatic rings. The number of rotatable bonds is 4. The normalized spacial score (nSPS) is 14.0. The van der Waals surface area contributed by atoms with Crippen LogP contribution in [0.2, 0.25) is 0 Å². The van der Waals surface area contributed by atoms with E-state index in [0.29, 0.717) is 35.7 Å². The number of benzene rings is 1. The molecular formula is C14H15N5O3. The highest BCUT2D eigenvalue weighted by Gasteiger charge is 2.21. The smallest absolute Gasteiger partial charge is 0.321 e. The summed E-state index contributed by atoms with van der Waals surface area (Å²) >= 11 is 0. The average molecular weight is 301 g/mol. The summed E-state index contributed by atoms with van der Waals surface area (Å²) in [5, 5.41) is 12.8. The van der Waals surface area contributed by atoms with Crippen LogP contribution in [0.25, 0.3) is 0 Å². The van der Waals surface area contributed by atoms with Crippen molar-refractivity contribution in [2.75, 3.05) is 18.0 Å². The predicted octanol–water partition coefficient (Wildman–Crippen LogP) is 0.838. The summed E-state index contributed by atoms with van der Waals surface area (Å²) in [6.45, 7) is 3.19. The Hall–Kier alpha value is -2.90. The first kappa shape index (κ1) is 14.1. The van der Waals surface area contributed by atoms with E-state index in [-0.39, 0.29) is 18.5 Å². The first-order valence-corrected chi connectivity index (χ1v) is 6.87. The van der Waals surface area contributed by atoms with Gasteiger partial charge in [-0.15, -0.1) is 0 Å². The minimum absolute atomic E-state index is 0.151. The van der Waals surface area contributed by atoms with Crippen molar-refractivity contribution >= 4 is 17.6 Å². The van der Waals surface area contributed by atoms with Crippen molar-refractivity contribution in [3.8, 4) is 0 Å². The molecule has 22 heavy (non-hydrogen) atoms. The molecule has 1 aliphatic rings. The summed E-state index contributed by atoms with van der Waals surface area (Å²) < 4.78 is 4.58. The maximum atomic E-state index is 12.2. The number of nitrogens with zero attached hydrogens (tertiary/aromatic N) is 3. The number of aromatic nitrogens is 2.